The van der Waals surface area contributed by atoms with E-state index in [0.717, 1.165) is 21.4 Å². The molecule has 6 heteroatoms. The summed E-state index contributed by atoms with van der Waals surface area (Å²) in [7, 11) is 0. The highest BCUT2D eigenvalue weighted by atomic mass is 79.9. The van der Waals surface area contributed by atoms with Crippen LogP contribution in [0.3, 0.4) is 0 Å². The Labute approximate surface area is 173 Å². The fourth-order valence-electron chi connectivity index (χ4n) is 3.38. The third-order valence-corrected chi connectivity index (χ3v) is 5.34. The summed E-state index contributed by atoms with van der Waals surface area (Å²) in [6.45, 7) is 3.60. The summed E-state index contributed by atoms with van der Waals surface area (Å²) in [5, 5.41) is 6.56. The molecule has 0 aliphatic carbocycles. The maximum atomic E-state index is 13.1. The molecule has 1 aliphatic rings. The van der Waals surface area contributed by atoms with Gasteiger partial charge in [0.1, 0.15) is 5.78 Å². The molecule has 0 bridgehead atoms. The summed E-state index contributed by atoms with van der Waals surface area (Å²) < 4.78 is 6.42. The van der Waals surface area contributed by atoms with Gasteiger partial charge in [-0.05, 0) is 50.1 Å². The maximum absolute atomic E-state index is 13.1. The highest BCUT2D eigenvalue weighted by Crippen LogP contribution is 2.39. The van der Waals surface area contributed by atoms with Gasteiger partial charge in [0.2, 0.25) is 0 Å². The fourth-order valence-corrected chi connectivity index (χ4v) is 3.65. The van der Waals surface area contributed by atoms with Crippen molar-refractivity contribution in [1.82, 2.24) is 0 Å². The zero-order valence-corrected chi connectivity index (χ0v) is 17.6. The van der Waals surface area contributed by atoms with Crippen LogP contribution in [0.25, 0.3) is 0 Å². The average molecular weight is 443 g/mol. The SMILES string of the molecule is CCOC(=O)C1(CCC(C)=O)CC(c2ccc(Br)cc2)=NN1c1ccccc1. The van der Waals surface area contributed by atoms with Crippen LogP contribution in [0, 0.1) is 0 Å². The number of nitrogens with zero attached hydrogens (tertiary/aromatic N) is 2. The van der Waals surface area contributed by atoms with Crippen molar-refractivity contribution in [2.45, 2.75) is 38.6 Å². The van der Waals surface area contributed by atoms with E-state index in [1.54, 1.807) is 11.9 Å². The largest absolute Gasteiger partial charge is 0.464 e. The minimum Gasteiger partial charge on any atom is -0.464 e. The molecule has 0 radical (unpaired) electrons. The summed E-state index contributed by atoms with van der Waals surface area (Å²) in [6, 6.07) is 17.4. The molecule has 146 valence electrons. The standard InChI is InChI=1S/C22H23BrN2O3/c1-3-28-21(27)22(14-13-16(2)26)15-20(17-9-11-18(23)12-10-17)24-25(22)19-7-5-4-6-8-19/h4-12H,3,13-15H2,1-2H3. The van der Waals surface area contributed by atoms with Crippen LogP contribution in [0.15, 0.2) is 64.2 Å². The molecule has 0 fully saturated rings. The van der Waals surface area contributed by atoms with Crippen molar-refractivity contribution in [1.29, 1.82) is 0 Å². The van der Waals surface area contributed by atoms with Gasteiger partial charge >= 0.3 is 5.97 Å². The molecule has 28 heavy (non-hydrogen) atoms. The number of Topliss-reactive ketones (excluding diaryl/α,β-unsaturated/α-hetero) is 1. The van der Waals surface area contributed by atoms with E-state index in [0.29, 0.717) is 12.8 Å². The first kappa shape index (κ1) is 20.3. The Morgan fingerprint density at radius 1 is 1.14 bits per heavy atom. The monoisotopic (exact) mass is 442 g/mol. The number of para-hydroxylation sites is 1. The molecule has 5 nitrogen and oxygen atoms in total. The Balaban J connectivity index is 2.08. The lowest BCUT2D eigenvalue weighted by atomic mass is 9.85. The van der Waals surface area contributed by atoms with Gasteiger partial charge in [0.05, 0.1) is 18.0 Å². The van der Waals surface area contributed by atoms with Gasteiger partial charge in [-0.3, -0.25) is 0 Å². The minimum atomic E-state index is -1.04. The first-order valence-electron chi connectivity index (χ1n) is 9.31. The molecular weight excluding hydrogens is 420 g/mol. The third-order valence-electron chi connectivity index (χ3n) is 4.81. The quantitative estimate of drug-likeness (QED) is 0.581. The highest BCUT2D eigenvalue weighted by Gasteiger charge is 2.51. The van der Waals surface area contributed by atoms with Crippen LogP contribution < -0.4 is 5.01 Å². The first-order valence-corrected chi connectivity index (χ1v) is 10.1. The number of ketones is 1. The second-order valence-corrected chi connectivity index (χ2v) is 7.75. The lowest BCUT2D eigenvalue weighted by Crippen LogP contribution is -2.51. The van der Waals surface area contributed by atoms with E-state index >= 15 is 0 Å². The van der Waals surface area contributed by atoms with Crippen molar-refractivity contribution in [3.63, 3.8) is 0 Å². The molecule has 0 N–H and O–H groups in total. The van der Waals surface area contributed by atoms with E-state index in [2.05, 4.69) is 15.9 Å². The van der Waals surface area contributed by atoms with Gasteiger partial charge in [-0.25, -0.2) is 9.80 Å². The summed E-state index contributed by atoms with van der Waals surface area (Å²) >= 11 is 3.45. The minimum absolute atomic E-state index is 0.0359. The number of ether oxygens (including phenoxy) is 1. The number of esters is 1. The van der Waals surface area contributed by atoms with Gasteiger partial charge in [0.25, 0.3) is 0 Å². The second kappa shape index (κ2) is 8.69. The molecule has 0 saturated heterocycles. The van der Waals surface area contributed by atoms with Crippen LogP contribution in [0.2, 0.25) is 0 Å². The van der Waals surface area contributed by atoms with Gasteiger partial charge in [0.15, 0.2) is 5.54 Å². The topological polar surface area (TPSA) is 59.0 Å². The number of anilines is 1. The van der Waals surface area contributed by atoms with Crippen molar-refractivity contribution in [2.75, 3.05) is 11.6 Å². The number of hydrogen-bond donors (Lipinski definition) is 0. The van der Waals surface area contributed by atoms with Crippen LogP contribution in [0.1, 0.15) is 38.7 Å². The lowest BCUT2D eigenvalue weighted by molar-refractivity contribution is -0.149. The Kier molecular flexibility index (Phi) is 6.29. The predicted octanol–water partition coefficient (Wildman–Crippen LogP) is 4.73. The third kappa shape index (κ3) is 4.17. The average Bonchev–Trinajstić information content (AvgIpc) is 3.09. The van der Waals surface area contributed by atoms with E-state index in [-0.39, 0.29) is 24.8 Å². The van der Waals surface area contributed by atoms with Crippen LogP contribution in [-0.2, 0) is 14.3 Å². The molecule has 0 saturated carbocycles. The number of carbonyl (C=O) groups is 2. The van der Waals surface area contributed by atoms with Crippen molar-refractivity contribution < 1.29 is 14.3 Å². The summed E-state index contributed by atoms with van der Waals surface area (Å²) in [5.41, 5.74) is 1.50. The molecule has 2 aromatic rings. The number of benzene rings is 2. The van der Waals surface area contributed by atoms with Crippen LogP contribution >= 0.6 is 15.9 Å². The Morgan fingerprint density at radius 3 is 2.43 bits per heavy atom. The van der Waals surface area contributed by atoms with Crippen molar-refractivity contribution in [3.8, 4) is 0 Å². The van der Waals surface area contributed by atoms with Gasteiger partial charge in [-0.1, -0.05) is 46.3 Å². The lowest BCUT2D eigenvalue weighted by Gasteiger charge is -2.35. The molecule has 1 unspecified atom stereocenters. The summed E-state index contributed by atoms with van der Waals surface area (Å²) in [4.78, 5) is 24.9. The van der Waals surface area contributed by atoms with Crippen molar-refractivity contribution >= 4 is 39.1 Å². The molecule has 0 aromatic heterocycles. The number of rotatable bonds is 7. The van der Waals surface area contributed by atoms with Crippen molar-refractivity contribution in [2.24, 2.45) is 5.10 Å². The van der Waals surface area contributed by atoms with Crippen LogP contribution in [0.4, 0.5) is 5.69 Å². The summed E-state index contributed by atoms with van der Waals surface area (Å²) in [6.07, 6.45) is 1.01. The van der Waals surface area contributed by atoms with E-state index in [1.807, 2.05) is 54.6 Å². The van der Waals surface area contributed by atoms with E-state index in [1.165, 1.54) is 6.92 Å². The zero-order valence-electron chi connectivity index (χ0n) is 16.0. The number of halogens is 1. The molecule has 1 atom stereocenters. The number of hydrazone groups is 1. The van der Waals surface area contributed by atoms with Gasteiger partial charge < -0.3 is 9.53 Å². The maximum Gasteiger partial charge on any atom is 0.334 e. The van der Waals surface area contributed by atoms with E-state index in [9.17, 15) is 9.59 Å². The fraction of sp³-hybridized carbons (Fsp3) is 0.318. The molecule has 0 spiro atoms. The van der Waals surface area contributed by atoms with E-state index in [4.69, 9.17) is 9.84 Å². The van der Waals surface area contributed by atoms with E-state index < -0.39 is 5.54 Å². The van der Waals surface area contributed by atoms with Crippen LogP contribution in [0.5, 0.6) is 0 Å². The molecule has 3 rings (SSSR count). The normalized spacial score (nSPS) is 18.7. The first-order chi connectivity index (χ1) is 13.5. The number of carbonyl (C=O) groups excluding carboxylic acids is 2. The molecular formula is C22H23BrN2O3. The Bertz CT molecular complexity index is 880. The molecule has 1 heterocycles. The Morgan fingerprint density at radius 2 is 1.82 bits per heavy atom. The highest BCUT2D eigenvalue weighted by molar-refractivity contribution is 9.10. The molecule has 0 amide bonds. The van der Waals surface area contributed by atoms with Gasteiger partial charge in [-0.15, -0.1) is 0 Å². The van der Waals surface area contributed by atoms with Crippen molar-refractivity contribution in [3.05, 3.63) is 64.6 Å². The number of hydrogen-bond acceptors (Lipinski definition) is 5. The van der Waals surface area contributed by atoms with Gasteiger partial charge in [0, 0.05) is 17.3 Å². The summed E-state index contributed by atoms with van der Waals surface area (Å²) in [5.74, 6) is -0.315. The molecule has 2 aromatic carbocycles. The smallest absolute Gasteiger partial charge is 0.334 e. The predicted molar refractivity (Wildman–Crippen MR) is 113 cm³/mol. The van der Waals surface area contributed by atoms with Crippen LogP contribution in [-0.4, -0.2) is 29.6 Å². The second-order valence-electron chi connectivity index (χ2n) is 6.83. The molecule has 1 aliphatic heterocycles. The Hall–Kier alpha value is -2.47. The zero-order chi connectivity index (χ0) is 20.1. The van der Waals surface area contributed by atoms with Gasteiger partial charge in [-0.2, -0.15) is 5.10 Å².